The second-order valence-electron chi connectivity index (χ2n) is 7.71. The lowest BCUT2D eigenvalue weighted by Crippen LogP contribution is -2.16. The Bertz CT molecular complexity index is 1270. The zero-order valence-electron chi connectivity index (χ0n) is 17.8. The Morgan fingerprint density at radius 3 is 2.10 bits per heavy atom. The van der Waals surface area contributed by atoms with Gasteiger partial charge < -0.3 is 4.74 Å². The van der Waals surface area contributed by atoms with Crippen LogP contribution in [0, 0.1) is 20.8 Å². The molecular weight excluding hydrogens is 386 g/mol. The first kappa shape index (κ1) is 20.5. The number of Topliss-reactive ketones (excluding diaryl/α,β-unsaturated/α-hetero) is 1. The van der Waals surface area contributed by atoms with Gasteiger partial charge in [0.25, 0.3) is 0 Å². The van der Waals surface area contributed by atoms with Crippen molar-refractivity contribution in [1.29, 1.82) is 0 Å². The van der Waals surface area contributed by atoms with Crippen molar-refractivity contribution in [2.24, 2.45) is 0 Å². The molecule has 4 nitrogen and oxygen atoms in total. The molecule has 31 heavy (non-hydrogen) atoms. The first-order valence-electron chi connectivity index (χ1n) is 10.2. The van der Waals surface area contributed by atoms with Crippen LogP contribution < -0.4 is 0 Å². The summed E-state index contributed by atoms with van der Waals surface area (Å²) in [6.45, 7) is 5.54. The van der Waals surface area contributed by atoms with Gasteiger partial charge in [-0.25, -0.2) is 9.78 Å². The molecule has 0 N–H and O–H groups in total. The van der Waals surface area contributed by atoms with Gasteiger partial charge in [-0.15, -0.1) is 0 Å². The summed E-state index contributed by atoms with van der Waals surface area (Å²) < 4.78 is 5.46. The zero-order chi connectivity index (χ0) is 22.0. The molecule has 0 saturated carbocycles. The fourth-order valence-corrected chi connectivity index (χ4v) is 3.59. The van der Waals surface area contributed by atoms with Gasteiger partial charge in [-0.05, 0) is 32.4 Å². The van der Waals surface area contributed by atoms with E-state index in [4.69, 9.17) is 9.72 Å². The molecule has 0 atom stereocenters. The summed E-state index contributed by atoms with van der Waals surface area (Å²) in [5.74, 6) is -0.756. The molecule has 154 valence electrons. The topological polar surface area (TPSA) is 56.3 Å². The minimum atomic E-state index is -0.523. The van der Waals surface area contributed by atoms with E-state index in [1.54, 1.807) is 12.1 Å². The van der Waals surface area contributed by atoms with Crippen LogP contribution in [-0.2, 0) is 4.74 Å². The lowest BCUT2D eigenvalue weighted by atomic mass is 9.97. The molecule has 1 heterocycles. The maximum Gasteiger partial charge on any atom is 0.339 e. The first-order chi connectivity index (χ1) is 14.9. The van der Waals surface area contributed by atoms with Crippen LogP contribution in [0.1, 0.15) is 37.4 Å². The van der Waals surface area contributed by atoms with Crippen LogP contribution in [0.15, 0.2) is 72.8 Å². The number of carbonyl (C=O) groups excluding carboxylic acids is 2. The highest BCUT2D eigenvalue weighted by atomic mass is 16.5. The number of hydrogen-bond acceptors (Lipinski definition) is 4. The van der Waals surface area contributed by atoms with E-state index in [9.17, 15) is 9.59 Å². The number of fused-ring (bicyclic) bond motifs is 1. The van der Waals surface area contributed by atoms with Crippen LogP contribution in [0.25, 0.3) is 22.2 Å². The third-order valence-corrected chi connectivity index (χ3v) is 5.37. The molecule has 1 aromatic heterocycles. The number of aryl methyl sites for hydroxylation is 2. The van der Waals surface area contributed by atoms with Crippen molar-refractivity contribution < 1.29 is 14.3 Å². The van der Waals surface area contributed by atoms with E-state index < -0.39 is 5.97 Å². The summed E-state index contributed by atoms with van der Waals surface area (Å²) in [6, 6.07) is 22.7. The van der Waals surface area contributed by atoms with Crippen molar-refractivity contribution >= 4 is 22.7 Å². The number of esters is 1. The Morgan fingerprint density at radius 2 is 1.42 bits per heavy atom. The predicted octanol–water partition coefficient (Wildman–Crippen LogP) is 5.87. The van der Waals surface area contributed by atoms with Gasteiger partial charge in [0.2, 0.25) is 0 Å². The molecule has 0 radical (unpaired) electrons. The molecule has 0 aliphatic carbocycles. The molecule has 0 saturated heterocycles. The lowest BCUT2D eigenvalue weighted by molar-refractivity contribution is 0.0476. The minimum absolute atomic E-state index is 0.233. The fraction of sp³-hybridized carbons (Fsp3) is 0.148. The van der Waals surface area contributed by atoms with Gasteiger partial charge in [-0.3, -0.25) is 4.79 Å². The highest BCUT2D eigenvalue weighted by Gasteiger charge is 2.21. The monoisotopic (exact) mass is 409 g/mol. The second kappa shape index (κ2) is 8.52. The van der Waals surface area contributed by atoms with E-state index in [2.05, 4.69) is 0 Å². The second-order valence-corrected chi connectivity index (χ2v) is 7.71. The van der Waals surface area contributed by atoms with E-state index in [-0.39, 0.29) is 12.4 Å². The fourth-order valence-electron chi connectivity index (χ4n) is 3.59. The van der Waals surface area contributed by atoms with E-state index in [1.807, 2.05) is 81.4 Å². The molecule has 0 aliphatic heterocycles. The van der Waals surface area contributed by atoms with Crippen LogP contribution in [0.2, 0.25) is 0 Å². The maximum absolute atomic E-state index is 13.1. The van der Waals surface area contributed by atoms with E-state index in [1.165, 1.54) is 0 Å². The number of para-hydroxylation sites is 1. The molecule has 3 aromatic carbocycles. The van der Waals surface area contributed by atoms with Crippen molar-refractivity contribution in [3.8, 4) is 11.3 Å². The van der Waals surface area contributed by atoms with Crippen molar-refractivity contribution in [2.45, 2.75) is 20.8 Å². The van der Waals surface area contributed by atoms with E-state index in [0.29, 0.717) is 22.0 Å². The number of hydrogen-bond donors (Lipinski definition) is 0. The molecule has 0 bridgehead atoms. The molecule has 0 aliphatic rings. The highest BCUT2D eigenvalue weighted by molar-refractivity contribution is 6.07. The molecular formula is C27H23NO3. The van der Waals surface area contributed by atoms with Crippen LogP contribution in [0.4, 0.5) is 0 Å². The summed E-state index contributed by atoms with van der Waals surface area (Å²) in [5, 5.41) is 0.712. The van der Waals surface area contributed by atoms with Gasteiger partial charge >= 0.3 is 5.97 Å². The molecule has 0 amide bonds. The Hall–Kier alpha value is -3.79. The number of ether oxygens (including phenoxy) is 1. The van der Waals surface area contributed by atoms with Gasteiger partial charge in [-0.1, -0.05) is 77.9 Å². The molecule has 0 unspecified atom stereocenters. The van der Waals surface area contributed by atoms with E-state index >= 15 is 0 Å². The van der Waals surface area contributed by atoms with Crippen molar-refractivity contribution in [2.75, 3.05) is 6.61 Å². The SMILES string of the molecule is Cc1ccc(C(=O)COC(=O)c2c(C)c(-c3ccc(C)cc3)nc3ccccc23)cc1. The molecule has 4 rings (SSSR count). The Morgan fingerprint density at radius 1 is 0.806 bits per heavy atom. The standard InChI is InChI=1S/C27H23NO3/c1-17-8-12-20(13-9-17)24(29)16-31-27(30)25-19(3)26(21-14-10-18(2)11-15-21)28-23-7-5-4-6-22(23)25/h4-15H,16H2,1-3H3. The van der Waals surface area contributed by atoms with Crippen LogP contribution in [0.3, 0.4) is 0 Å². The van der Waals surface area contributed by atoms with Crippen molar-refractivity contribution in [3.05, 3.63) is 101 Å². The summed E-state index contributed by atoms with van der Waals surface area (Å²) in [4.78, 5) is 30.4. The Kier molecular flexibility index (Phi) is 5.63. The highest BCUT2D eigenvalue weighted by Crippen LogP contribution is 2.30. The molecule has 4 aromatic rings. The minimum Gasteiger partial charge on any atom is -0.454 e. The quantitative estimate of drug-likeness (QED) is 0.306. The maximum atomic E-state index is 13.1. The summed E-state index contributed by atoms with van der Waals surface area (Å²) in [7, 11) is 0. The van der Waals surface area contributed by atoms with Gasteiger partial charge in [0.15, 0.2) is 12.4 Å². The summed E-state index contributed by atoms with van der Waals surface area (Å²) in [6.07, 6.45) is 0. The lowest BCUT2D eigenvalue weighted by Gasteiger charge is -2.14. The number of ketones is 1. The van der Waals surface area contributed by atoms with Crippen LogP contribution in [-0.4, -0.2) is 23.3 Å². The van der Waals surface area contributed by atoms with Gasteiger partial charge in [0, 0.05) is 16.5 Å². The molecule has 4 heteroatoms. The normalized spacial score (nSPS) is 10.8. The van der Waals surface area contributed by atoms with Gasteiger partial charge in [-0.2, -0.15) is 0 Å². The Balaban J connectivity index is 1.69. The summed E-state index contributed by atoms with van der Waals surface area (Å²) >= 11 is 0. The van der Waals surface area contributed by atoms with Crippen molar-refractivity contribution in [1.82, 2.24) is 4.98 Å². The third kappa shape index (κ3) is 4.24. The number of benzene rings is 3. The largest absolute Gasteiger partial charge is 0.454 e. The third-order valence-electron chi connectivity index (χ3n) is 5.37. The number of aromatic nitrogens is 1. The van der Waals surface area contributed by atoms with Crippen LogP contribution >= 0.6 is 0 Å². The number of rotatable bonds is 5. The number of pyridine rings is 1. The number of nitrogens with zero attached hydrogens (tertiary/aromatic N) is 1. The zero-order valence-corrected chi connectivity index (χ0v) is 17.8. The van der Waals surface area contributed by atoms with E-state index in [0.717, 1.165) is 27.9 Å². The molecule has 0 spiro atoms. The predicted molar refractivity (Wildman–Crippen MR) is 122 cm³/mol. The number of carbonyl (C=O) groups is 2. The van der Waals surface area contributed by atoms with Gasteiger partial charge in [0.1, 0.15) is 0 Å². The summed E-state index contributed by atoms with van der Waals surface area (Å²) in [5.41, 5.74) is 6.28. The van der Waals surface area contributed by atoms with Gasteiger partial charge in [0.05, 0.1) is 16.8 Å². The molecule has 0 fully saturated rings. The average molecular weight is 409 g/mol. The average Bonchev–Trinajstić information content (AvgIpc) is 2.78. The van der Waals surface area contributed by atoms with Crippen molar-refractivity contribution in [3.63, 3.8) is 0 Å². The first-order valence-corrected chi connectivity index (χ1v) is 10.2. The van der Waals surface area contributed by atoms with Crippen LogP contribution in [0.5, 0.6) is 0 Å². The Labute approximate surface area is 181 Å². The smallest absolute Gasteiger partial charge is 0.339 e.